The van der Waals surface area contributed by atoms with Gasteiger partial charge in [-0.1, -0.05) is 19.1 Å². The highest BCUT2D eigenvalue weighted by Crippen LogP contribution is 2.19. The molecule has 0 spiro atoms. The number of ether oxygens (including phenoxy) is 1. The molecule has 15 heavy (non-hydrogen) atoms. The largest absolute Gasteiger partial charge is 0.384 e. The number of rotatable bonds is 5. The number of halogens is 1. The Labute approximate surface area is 90.2 Å². The Morgan fingerprint density at radius 1 is 1.47 bits per heavy atom. The minimum atomic E-state index is -0.234. The van der Waals surface area contributed by atoms with Gasteiger partial charge in [0.05, 0.1) is 0 Å². The molecule has 0 amide bonds. The summed E-state index contributed by atoms with van der Waals surface area (Å²) in [6, 6.07) is 6.34. The van der Waals surface area contributed by atoms with Gasteiger partial charge in [-0.05, 0) is 30.0 Å². The maximum atomic E-state index is 12.9. The summed E-state index contributed by atoms with van der Waals surface area (Å²) in [7, 11) is 1.67. The fourth-order valence-electron chi connectivity index (χ4n) is 1.66. The van der Waals surface area contributed by atoms with Crippen molar-refractivity contribution in [3.8, 4) is 0 Å². The van der Waals surface area contributed by atoms with Crippen LogP contribution in [0.4, 0.5) is 4.39 Å². The molecule has 0 bridgehead atoms. The highest BCUT2D eigenvalue weighted by Gasteiger charge is 2.11. The van der Waals surface area contributed by atoms with E-state index in [9.17, 15) is 4.39 Å². The zero-order valence-electron chi connectivity index (χ0n) is 9.24. The lowest BCUT2D eigenvalue weighted by molar-refractivity contribution is 0.152. The van der Waals surface area contributed by atoms with Crippen LogP contribution in [0.2, 0.25) is 0 Å². The molecular weight excluding hydrogens is 193 g/mol. The molecule has 1 aromatic rings. The van der Waals surface area contributed by atoms with Crippen LogP contribution in [0.15, 0.2) is 24.3 Å². The second-order valence-electron chi connectivity index (χ2n) is 3.96. The minimum absolute atomic E-state index is 0.120. The van der Waals surface area contributed by atoms with Crippen LogP contribution in [0.1, 0.15) is 24.9 Å². The Morgan fingerprint density at radius 3 is 2.80 bits per heavy atom. The summed E-state index contributed by atoms with van der Waals surface area (Å²) in [6.45, 7) is 2.76. The minimum Gasteiger partial charge on any atom is -0.384 e. The Morgan fingerprint density at radius 2 is 2.20 bits per heavy atom. The van der Waals surface area contributed by atoms with E-state index in [1.807, 2.05) is 6.07 Å². The normalized spacial score (nSPS) is 14.9. The van der Waals surface area contributed by atoms with Gasteiger partial charge in [0.1, 0.15) is 5.82 Å². The Bertz CT molecular complexity index is 303. The average Bonchev–Trinajstić information content (AvgIpc) is 2.18. The van der Waals surface area contributed by atoms with E-state index < -0.39 is 0 Å². The van der Waals surface area contributed by atoms with Crippen molar-refractivity contribution in [2.75, 3.05) is 13.7 Å². The van der Waals surface area contributed by atoms with Gasteiger partial charge in [-0.2, -0.15) is 0 Å². The van der Waals surface area contributed by atoms with Crippen LogP contribution in [0.5, 0.6) is 0 Å². The standard InChI is InChI=1S/C12H18FNO/c1-9(8-15-2)6-12(14)10-4-3-5-11(13)7-10/h3-5,7,9,12H,6,8,14H2,1-2H3. The molecule has 0 aliphatic heterocycles. The van der Waals surface area contributed by atoms with Crippen molar-refractivity contribution in [1.29, 1.82) is 0 Å². The van der Waals surface area contributed by atoms with Gasteiger partial charge in [-0.15, -0.1) is 0 Å². The first-order chi connectivity index (χ1) is 7.13. The second kappa shape index (κ2) is 5.83. The fourth-order valence-corrected chi connectivity index (χ4v) is 1.66. The van der Waals surface area contributed by atoms with Crippen molar-refractivity contribution in [3.05, 3.63) is 35.6 Å². The number of hydrogen-bond acceptors (Lipinski definition) is 2. The molecule has 0 aliphatic rings. The third-order valence-corrected chi connectivity index (χ3v) is 2.38. The van der Waals surface area contributed by atoms with Crippen LogP contribution < -0.4 is 5.73 Å². The molecule has 2 nitrogen and oxygen atoms in total. The number of methoxy groups -OCH3 is 1. The van der Waals surface area contributed by atoms with Crippen molar-refractivity contribution in [2.45, 2.75) is 19.4 Å². The van der Waals surface area contributed by atoms with Crippen molar-refractivity contribution in [3.63, 3.8) is 0 Å². The quantitative estimate of drug-likeness (QED) is 0.812. The van der Waals surface area contributed by atoms with E-state index in [0.717, 1.165) is 12.0 Å². The van der Waals surface area contributed by atoms with Gasteiger partial charge in [-0.3, -0.25) is 0 Å². The van der Waals surface area contributed by atoms with Gasteiger partial charge in [0.2, 0.25) is 0 Å². The van der Waals surface area contributed by atoms with Gasteiger partial charge in [0.15, 0.2) is 0 Å². The van der Waals surface area contributed by atoms with Gasteiger partial charge in [0, 0.05) is 19.8 Å². The zero-order chi connectivity index (χ0) is 11.3. The summed E-state index contributed by atoms with van der Waals surface area (Å²) in [5.41, 5.74) is 6.82. The maximum absolute atomic E-state index is 12.9. The molecule has 0 saturated heterocycles. The first kappa shape index (κ1) is 12.1. The van der Waals surface area contributed by atoms with E-state index in [2.05, 4.69) is 6.92 Å². The molecule has 2 unspecified atom stereocenters. The number of benzene rings is 1. The third-order valence-electron chi connectivity index (χ3n) is 2.38. The van der Waals surface area contributed by atoms with Crippen LogP contribution in [-0.4, -0.2) is 13.7 Å². The molecule has 1 rings (SSSR count). The maximum Gasteiger partial charge on any atom is 0.123 e. The first-order valence-corrected chi connectivity index (χ1v) is 5.13. The summed E-state index contributed by atoms with van der Waals surface area (Å²) in [6.07, 6.45) is 0.803. The highest BCUT2D eigenvalue weighted by molar-refractivity contribution is 5.19. The predicted molar refractivity (Wildman–Crippen MR) is 59.0 cm³/mol. The lowest BCUT2D eigenvalue weighted by Crippen LogP contribution is -2.16. The molecule has 1 aromatic carbocycles. The van der Waals surface area contributed by atoms with Crippen LogP contribution in [0.25, 0.3) is 0 Å². The molecule has 0 aromatic heterocycles. The van der Waals surface area contributed by atoms with Crippen molar-refractivity contribution in [2.24, 2.45) is 11.7 Å². The molecular formula is C12H18FNO. The van der Waals surface area contributed by atoms with Crippen LogP contribution in [0, 0.1) is 11.7 Å². The van der Waals surface area contributed by atoms with Crippen LogP contribution in [0.3, 0.4) is 0 Å². The van der Waals surface area contributed by atoms with Gasteiger partial charge >= 0.3 is 0 Å². The Balaban J connectivity index is 2.56. The third kappa shape index (κ3) is 3.98. The molecule has 0 fully saturated rings. The molecule has 0 aliphatic carbocycles. The van der Waals surface area contributed by atoms with Crippen molar-refractivity contribution < 1.29 is 9.13 Å². The molecule has 84 valence electrons. The molecule has 2 atom stereocenters. The Kier molecular flexibility index (Phi) is 4.72. The van der Waals surface area contributed by atoms with E-state index in [-0.39, 0.29) is 11.9 Å². The average molecular weight is 211 g/mol. The topological polar surface area (TPSA) is 35.2 Å². The summed E-state index contributed by atoms with van der Waals surface area (Å²) < 4.78 is 18.0. The molecule has 2 N–H and O–H groups in total. The van der Waals surface area contributed by atoms with Crippen molar-refractivity contribution in [1.82, 2.24) is 0 Å². The summed E-state index contributed by atoms with van der Waals surface area (Å²) in [4.78, 5) is 0. The predicted octanol–water partition coefficient (Wildman–Crippen LogP) is 2.50. The molecule has 0 radical (unpaired) electrons. The summed E-state index contributed by atoms with van der Waals surface area (Å²) >= 11 is 0. The van der Waals surface area contributed by atoms with Gasteiger partial charge < -0.3 is 10.5 Å². The lowest BCUT2D eigenvalue weighted by Gasteiger charge is -2.16. The monoisotopic (exact) mass is 211 g/mol. The van der Waals surface area contributed by atoms with E-state index in [1.54, 1.807) is 13.2 Å². The SMILES string of the molecule is COCC(C)CC(N)c1cccc(F)c1. The molecule has 0 saturated carbocycles. The highest BCUT2D eigenvalue weighted by atomic mass is 19.1. The number of hydrogen-bond donors (Lipinski definition) is 1. The van der Waals surface area contributed by atoms with E-state index >= 15 is 0 Å². The Hall–Kier alpha value is -0.930. The molecule has 3 heteroatoms. The smallest absolute Gasteiger partial charge is 0.123 e. The van der Waals surface area contributed by atoms with Crippen molar-refractivity contribution >= 4 is 0 Å². The van der Waals surface area contributed by atoms with E-state index in [4.69, 9.17) is 10.5 Å². The summed E-state index contributed by atoms with van der Waals surface area (Å²) in [5, 5.41) is 0. The second-order valence-corrected chi connectivity index (χ2v) is 3.96. The van der Waals surface area contributed by atoms with Crippen LogP contribution in [-0.2, 0) is 4.74 Å². The zero-order valence-corrected chi connectivity index (χ0v) is 9.24. The fraction of sp³-hybridized carbons (Fsp3) is 0.500. The van der Waals surface area contributed by atoms with E-state index in [1.165, 1.54) is 12.1 Å². The van der Waals surface area contributed by atoms with E-state index in [0.29, 0.717) is 12.5 Å². The molecule has 0 heterocycles. The number of nitrogens with two attached hydrogens (primary N) is 1. The van der Waals surface area contributed by atoms with Gasteiger partial charge in [-0.25, -0.2) is 4.39 Å². The first-order valence-electron chi connectivity index (χ1n) is 5.13. The summed E-state index contributed by atoms with van der Waals surface area (Å²) in [5.74, 6) is 0.149. The van der Waals surface area contributed by atoms with Gasteiger partial charge in [0.25, 0.3) is 0 Å². The lowest BCUT2D eigenvalue weighted by atomic mass is 9.97. The van der Waals surface area contributed by atoms with Crippen LogP contribution >= 0.6 is 0 Å².